The molecule has 0 aliphatic rings. The molecule has 35 heavy (non-hydrogen) atoms. The van der Waals surface area contributed by atoms with Crippen molar-refractivity contribution in [3.8, 4) is 17.2 Å². The van der Waals surface area contributed by atoms with Gasteiger partial charge in [-0.25, -0.2) is 0 Å². The Bertz CT molecular complexity index is 1260. The van der Waals surface area contributed by atoms with Crippen molar-refractivity contribution < 1.29 is 19.1 Å². The number of ether oxygens (including phenoxy) is 3. The van der Waals surface area contributed by atoms with Crippen molar-refractivity contribution in [1.29, 1.82) is 0 Å². The van der Waals surface area contributed by atoms with Gasteiger partial charge in [-0.05, 0) is 28.8 Å². The summed E-state index contributed by atoms with van der Waals surface area (Å²) in [5.41, 5.74) is 3.46. The molecular formula is C29H25NO5. The van der Waals surface area contributed by atoms with Crippen LogP contribution in [0.15, 0.2) is 109 Å². The quantitative estimate of drug-likeness (QED) is 0.182. The lowest BCUT2D eigenvalue weighted by molar-refractivity contribution is -0.400. The van der Waals surface area contributed by atoms with Crippen LogP contribution < -0.4 is 14.2 Å². The molecule has 0 N–H and O–H groups in total. The van der Waals surface area contributed by atoms with E-state index in [0.717, 1.165) is 22.9 Å². The van der Waals surface area contributed by atoms with Gasteiger partial charge in [0.1, 0.15) is 19.8 Å². The Morgan fingerprint density at radius 2 is 1.06 bits per heavy atom. The van der Waals surface area contributed by atoms with Gasteiger partial charge in [-0.3, -0.25) is 10.1 Å². The van der Waals surface area contributed by atoms with E-state index in [0.29, 0.717) is 29.4 Å². The fraction of sp³-hybridized carbons (Fsp3) is 0.103. The lowest BCUT2D eigenvalue weighted by Gasteiger charge is -2.19. The van der Waals surface area contributed by atoms with E-state index < -0.39 is 4.92 Å². The molecule has 0 aliphatic carbocycles. The molecule has 0 bridgehead atoms. The average Bonchev–Trinajstić information content (AvgIpc) is 2.90. The smallest absolute Gasteiger partial charge is 0.235 e. The van der Waals surface area contributed by atoms with Crippen molar-refractivity contribution in [3.05, 3.63) is 142 Å². The number of nitrogens with zero attached hydrogens (tertiary/aromatic N) is 1. The maximum atomic E-state index is 11.0. The molecule has 0 unspecified atom stereocenters. The molecule has 4 rings (SSSR count). The van der Waals surface area contributed by atoms with E-state index in [1.54, 1.807) is 12.1 Å². The predicted octanol–water partition coefficient (Wildman–Crippen LogP) is 6.67. The van der Waals surface area contributed by atoms with Crippen LogP contribution >= 0.6 is 0 Å². The summed E-state index contributed by atoms with van der Waals surface area (Å²) < 4.78 is 18.5. The molecule has 0 amide bonds. The van der Waals surface area contributed by atoms with Crippen LogP contribution in [0.25, 0.3) is 6.08 Å². The summed E-state index contributed by atoms with van der Waals surface area (Å²) in [6.45, 7) is 0.890. The first-order valence-corrected chi connectivity index (χ1v) is 11.2. The fourth-order valence-corrected chi connectivity index (χ4v) is 3.43. The molecule has 0 heterocycles. The molecule has 4 aromatic carbocycles. The van der Waals surface area contributed by atoms with Crippen LogP contribution in [0.5, 0.6) is 17.2 Å². The van der Waals surface area contributed by atoms with Gasteiger partial charge in [0.25, 0.3) is 0 Å². The third kappa shape index (κ3) is 6.95. The molecule has 176 valence electrons. The van der Waals surface area contributed by atoms with Gasteiger partial charge in [-0.15, -0.1) is 0 Å². The second-order valence-electron chi connectivity index (χ2n) is 7.74. The molecule has 0 aliphatic heterocycles. The van der Waals surface area contributed by atoms with E-state index in [2.05, 4.69) is 0 Å². The largest absolute Gasteiger partial charge is 0.485 e. The van der Waals surface area contributed by atoms with Crippen LogP contribution in [0.4, 0.5) is 0 Å². The SMILES string of the molecule is O=[N+]([O-])/C=C/c1ccc(OCc2ccccc2)c(OCc2ccccc2)c1OCc1ccccc1. The van der Waals surface area contributed by atoms with Gasteiger partial charge in [0.2, 0.25) is 11.9 Å². The predicted molar refractivity (Wildman–Crippen MR) is 135 cm³/mol. The Labute approximate surface area is 204 Å². The average molecular weight is 468 g/mol. The standard InChI is InChI=1S/C29H25NO5/c31-30(32)19-18-26-16-17-27(33-20-23-10-4-1-5-11-23)29(35-22-25-14-8-3-9-15-25)28(26)34-21-24-12-6-2-7-13-24/h1-19H,20-22H2/b19-18+. The Morgan fingerprint density at radius 3 is 1.54 bits per heavy atom. The van der Waals surface area contributed by atoms with E-state index in [-0.39, 0.29) is 13.2 Å². The molecule has 0 radical (unpaired) electrons. The van der Waals surface area contributed by atoms with E-state index in [9.17, 15) is 10.1 Å². The number of rotatable bonds is 11. The monoisotopic (exact) mass is 467 g/mol. The maximum Gasteiger partial charge on any atom is 0.235 e. The summed E-state index contributed by atoms with van der Waals surface area (Å²) in [6, 6.07) is 32.7. The van der Waals surface area contributed by atoms with Crippen LogP contribution in [0, 0.1) is 10.1 Å². The zero-order chi connectivity index (χ0) is 24.3. The minimum atomic E-state index is -0.509. The highest BCUT2D eigenvalue weighted by atomic mass is 16.6. The molecular weight excluding hydrogens is 442 g/mol. The van der Waals surface area contributed by atoms with Crippen LogP contribution in [0.3, 0.4) is 0 Å². The Morgan fingerprint density at radius 1 is 0.600 bits per heavy atom. The topological polar surface area (TPSA) is 70.8 Å². The van der Waals surface area contributed by atoms with Crippen LogP contribution in [0.2, 0.25) is 0 Å². The van der Waals surface area contributed by atoms with Gasteiger partial charge in [0.15, 0.2) is 11.5 Å². The fourth-order valence-electron chi connectivity index (χ4n) is 3.43. The highest BCUT2D eigenvalue weighted by Gasteiger charge is 2.18. The van der Waals surface area contributed by atoms with Gasteiger partial charge in [0, 0.05) is 11.6 Å². The van der Waals surface area contributed by atoms with Gasteiger partial charge in [0.05, 0.1) is 4.92 Å². The molecule has 0 saturated carbocycles. The highest BCUT2D eigenvalue weighted by molar-refractivity contribution is 5.66. The third-order valence-electron chi connectivity index (χ3n) is 5.17. The minimum Gasteiger partial charge on any atom is -0.485 e. The zero-order valence-electron chi connectivity index (χ0n) is 19.1. The zero-order valence-corrected chi connectivity index (χ0v) is 19.1. The molecule has 0 aromatic heterocycles. The number of benzene rings is 4. The van der Waals surface area contributed by atoms with Gasteiger partial charge in [-0.1, -0.05) is 91.0 Å². The molecule has 0 spiro atoms. The van der Waals surface area contributed by atoms with Crippen LogP contribution in [0.1, 0.15) is 22.3 Å². The van der Waals surface area contributed by atoms with E-state index in [1.807, 2.05) is 91.0 Å². The van der Waals surface area contributed by atoms with Crippen LogP contribution in [-0.4, -0.2) is 4.92 Å². The maximum absolute atomic E-state index is 11.0. The second-order valence-corrected chi connectivity index (χ2v) is 7.74. The molecule has 6 nitrogen and oxygen atoms in total. The van der Waals surface area contributed by atoms with Crippen molar-refractivity contribution in [2.45, 2.75) is 19.8 Å². The molecule has 0 atom stereocenters. The third-order valence-corrected chi connectivity index (χ3v) is 5.17. The van der Waals surface area contributed by atoms with Gasteiger partial charge < -0.3 is 14.2 Å². The number of hydrogen-bond acceptors (Lipinski definition) is 5. The summed E-state index contributed by atoms with van der Waals surface area (Å²) in [7, 11) is 0. The highest BCUT2D eigenvalue weighted by Crippen LogP contribution is 2.42. The summed E-state index contributed by atoms with van der Waals surface area (Å²) in [4.78, 5) is 10.5. The first kappa shape index (κ1) is 23.6. The normalized spacial score (nSPS) is 10.7. The summed E-state index contributed by atoms with van der Waals surface area (Å²) >= 11 is 0. The molecule has 0 fully saturated rings. The molecule has 0 saturated heterocycles. The van der Waals surface area contributed by atoms with Crippen molar-refractivity contribution in [3.63, 3.8) is 0 Å². The number of nitro groups is 1. The Balaban J connectivity index is 1.69. The summed E-state index contributed by atoms with van der Waals surface area (Å²) in [6.07, 6.45) is 2.28. The summed E-state index contributed by atoms with van der Waals surface area (Å²) in [5, 5.41) is 11.0. The van der Waals surface area contributed by atoms with E-state index >= 15 is 0 Å². The first-order chi connectivity index (χ1) is 17.2. The van der Waals surface area contributed by atoms with Crippen molar-refractivity contribution >= 4 is 6.08 Å². The summed E-state index contributed by atoms with van der Waals surface area (Å²) in [5.74, 6) is 1.27. The van der Waals surface area contributed by atoms with Crippen molar-refractivity contribution in [2.24, 2.45) is 0 Å². The van der Waals surface area contributed by atoms with Gasteiger partial charge >= 0.3 is 0 Å². The Hall–Kier alpha value is -4.58. The molecule has 6 heteroatoms. The van der Waals surface area contributed by atoms with Gasteiger partial charge in [-0.2, -0.15) is 0 Å². The van der Waals surface area contributed by atoms with Crippen molar-refractivity contribution in [2.75, 3.05) is 0 Å². The lowest BCUT2D eigenvalue weighted by atomic mass is 10.1. The second kappa shape index (κ2) is 12.0. The minimum absolute atomic E-state index is 0.268. The first-order valence-electron chi connectivity index (χ1n) is 11.2. The van der Waals surface area contributed by atoms with Crippen molar-refractivity contribution in [1.82, 2.24) is 0 Å². The van der Waals surface area contributed by atoms with Crippen LogP contribution in [-0.2, 0) is 19.8 Å². The number of hydrogen-bond donors (Lipinski definition) is 0. The van der Waals surface area contributed by atoms with E-state index in [1.165, 1.54) is 6.08 Å². The Kier molecular flexibility index (Phi) is 8.11. The molecule has 4 aromatic rings. The lowest BCUT2D eigenvalue weighted by Crippen LogP contribution is -2.05. The van der Waals surface area contributed by atoms with E-state index in [4.69, 9.17) is 14.2 Å².